The Hall–Kier alpha value is -2.87. The lowest BCUT2D eigenvalue weighted by Crippen LogP contribution is -1.98. The molecule has 1 N–H and O–H groups in total. The smallest absolute Gasteiger partial charge is 0.336 e. The molecule has 0 aliphatic heterocycles. The highest BCUT2D eigenvalue weighted by Crippen LogP contribution is 2.21. The minimum Gasteiger partial charge on any atom is -0.478 e. The Labute approximate surface area is 123 Å². The zero-order valence-corrected chi connectivity index (χ0v) is 11.4. The summed E-state index contributed by atoms with van der Waals surface area (Å²) < 4.78 is 0. The number of hydrogen-bond acceptors (Lipinski definition) is 1. The van der Waals surface area contributed by atoms with Gasteiger partial charge >= 0.3 is 5.97 Å². The number of rotatable bonds is 3. The topological polar surface area (TPSA) is 37.3 Å². The van der Waals surface area contributed by atoms with E-state index in [0.29, 0.717) is 11.1 Å². The molecule has 0 unspecified atom stereocenters. The monoisotopic (exact) mass is 274 g/mol. The Bertz CT molecular complexity index is 826. The van der Waals surface area contributed by atoms with Gasteiger partial charge in [-0.25, -0.2) is 4.79 Å². The van der Waals surface area contributed by atoms with E-state index in [9.17, 15) is 9.90 Å². The maximum Gasteiger partial charge on any atom is 0.336 e. The summed E-state index contributed by atoms with van der Waals surface area (Å²) in [6.45, 7) is 0. The van der Waals surface area contributed by atoms with Gasteiger partial charge in [0.15, 0.2) is 0 Å². The van der Waals surface area contributed by atoms with Crippen LogP contribution in [0.3, 0.4) is 0 Å². The van der Waals surface area contributed by atoms with Gasteiger partial charge in [0.25, 0.3) is 0 Å². The van der Waals surface area contributed by atoms with Gasteiger partial charge in [-0.3, -0.25) is 0 Å². The van der Waals surface area contributed by atoms with Crippen LogP contribution in [-0.4, -0.2) is 11.1 Å². The zero-order valence-electron chi connectivity index (χ0n) is 11.4. The van der Waals surface area contributed by atoms with E-state index < -0.39 is 5.97 Å². The second-order valence-corrected chi connectivity index (χ2v) is 4.79. The molecule has 3 rings (SSSR count). The van der Waals surface area contributed by atoms with Gasteiger partial charge in [-0.05, 0) is 28.0 Å². The summed E-state index contributed by atoms with van der Waals surface area (Å²) in [6, 6.07) is 21.3. The van der Waals surface area contributed by atoms with Crippen molar-refractivity contribution in [1.82, 2.24) is 0 Å². The van der Waals surface area contributed by atoms with Crippen LogP contribution in [0.1, 0.15) is 21.5 Å². The summed E-state index contributed by atoms with van der Waals surface area (Å²) in [7, 11) is 0. The standard InChI is InChI=1S/C19H14O2/c20-19(21)18-11-4-2-7-16(18)13-12-15-9-5-8-14-6-1-3-10-17(14)15/h1-13H,(H,20,21)/b13-12+. The molecule has 0 saturated carbocycles. The molecular formula is C19H14O2. The van der Waals surface area contributed by atoms with Crippen molar-refractivity contribution in [3.8, 4) is 0 Å². The molecule has 102 valence electrons. The normalized spacial score (nSPS) is 11.0. The van der Waals surface area contributed by atoms with Crippen LogP contribution in [0.25, 0.3) is 22.9 Å². The summed E-state index contributed by atoms with van der Waals surface area (Å²) in [4.78, 5) is 11.2. The van der Waals surface area contributed by atoms with Crippen molar-refractivity contribution in [2.24, 2.45) is 0 Å². The number of carbonyl (C=O) groups is 1. The van der Waals surface area contributed by atoms with E-state index in [1.807, 2.05) is 48.6 Å². The van der Waals surface area contributed by atoms with Gasteiger partial charge in [-0.1, -0.05) is 72.8 Å². The van der Waals surface area contributed by atoms with Gasteiger partial charge in [-0.2, -0.15) is 0 Å². The average molecular weight is 274 g/mol. The Morgan fingerprint density at radius 1 is 0.762 bits per heavy atom. The number of carboxylic acids is 1. The van der Waals surface area contributed by atoms with Crippen LogP contribution in [0.5, 0.6) is 0 Å². The van der Waals surface area contributed by atoms with Crippen molar-refractivity contribution in [3.05, 3.63) is 83.4 Å². The number of carboxylic acid groups (broad SMARTS) is 1. The lowest BCUT2D eigenvalue weighted by atomic mass is 10.0. The first-order chi connectivity index (χ1) is 10.3. The van der Waals surface area contributed by atoms with E-state index in [1.54, 1.807) is 12.1 Å². The molecule has 0 atom stereocenters. The Balaban J connectivity index is 2.05. The first-order valence-electron chi connectivity index (χ1n) is 6.74. The number of fused-ring (bicyclic) bond motifs is 1. The Kier molecular flexibility index (Phi) is 3.52. The second kappa shape index (κ2) is 5.63. The fourth-order valence-electron chi connectivity index (χ4n) is 2.41. The van der Waals surface area contributed by atoms with Crippen LogP contribution in [0.4, 0.5) is 0 Å². The Morgan fingerprint density at radius 3 is 2.24 bits per heavy atom. The predicted molar refractivity (Wildman–Crippen MR) is 86.3 cm³/mol. The third-order valence-corrected chi connectivity index (χ3v) is 3.46. The lowest BCUT2D eigenvalue weighted by molar-refractivity contribution is 0.0696. The quantitative estimate of drug-likeness (QED) is 0.702. The van der Waals surface area contributed by atoms with Crippen molar-refractivity contribution in [2.75, 3.05) is 0 Å². The van der Waals surface area contributed by atoms with E-state index >= 15 is 0 Å². The molecule has 0 fully saturated rings. The van der Waals surface area contributed by atoms with Crippen LogP contribution < -0.4 is 0 Å². The van der Waals surface area contributed by atoms with E-state index in [0.717, 1.165) is 10.9 Å². The molecule has 21 heavy (non-hydrogen) atoms. The SMILES string of the molecule is O=C(O)c1ccccc1/C=C/c1cccc2ccccc12. The predicted octanol–water partition coefficient (Wildman–Crippen LogP) is 4.71. The number of aromatic carboxylic acids is 1. The summed E-state index contributed by atoms with van der Waals surface area (Å²) in [5.74, 6) is -0.909. The average Bonchev–Trinajstić information content (AvgIpc) is 2.53. The molecule has 3 aromatic rings. The van der Waals surface area contributed by atoms with E-state index in [-0.39, 0.29) is 0 Å². The molecule has 3 aromatic carbocycles. The molecule has 0 aromatic heterocycles. The molecule has 0 spiro atoms. The van der Waals surface area contributed by atoms with Gasteiger partial charge < -0.3 is 5.11 Å². The number of hydrogen-bond donors (Lipinski definition) is 1. The van der Waals surface area contributed by atoms with Crippen molar-refractivity contribution >= 4 is 28.9 Å². The number of benzene rings is 3. The molecular weight excluding hydrogens is 260 g/mol. The van der Waals surface area contributed by atoms with Gasteiger partial charge in [0.2, 0.25) is 0 Å². The van der Waals surface area contributed by atoms with Crippen LogP contribution >= 0.6 is 0 Å². The zero-order chi connectivity index (χ0) is 14.7. The minimum atomic E-state index is -0.909. The highest BCUT2D eigenvalue weighted by molar-refractivity contribution is 5.96. The molecule has 0 aliphatic rings. The molecule has 0 saturated heterocycles. The molecule has 0 aliphatic carbocycles. The molecule has 0 radical (unpaired) electrons. The first kappa shape index (κ1) is 13.1. The summed E-state index contributed by atoms with van der Waals surface area (Å²) >= 11 is 0. The summed E-state index contributed by atoms with van der Waals surface area (Å²) in [5, 5.41) is 11.5. The van der Waals surface area contributed by atoms with Crippen molar-refractivity contribution in [2.45, 2.75) is 0 Å². The molecule has 0 amide bonds. The van der Waals surface area contributed by atoms with Gasteiger partial charge in [0, 0.05) is 0 Å². The highest BCUT2D eigenvalue weighted by Gasteiger charge is 2.06. The minimum absolute atomic E-state index is 0.314. The fourth-order valence-corrected chi connectivity index (χ4v) is 2.41. The van der Waals surface area contributed by atoms with Crippen LogP contribution in [-0.2, 0) is 0 Å². The largest absolute Gasteiger partial charge is 0.478 e. The van der Waals surface area contributed by atoms with Gasteiger partial charge in [0.1, 0.15) is 0 Å². The van der Waals surface area contributed by atoms with Crippen molar-refractivity contribution in [3.63, 3.8) is 0 Å². The van der Waals surface area contributed by atoms with E-state index in [4.69, 9.17) is 0 Å². The molecule has 2 heteroatoms. The first-order valence-corrected chi connectivity index (χ1v) is 6.74. The lowest BCUT2D eigenvalue weighted by Gasteiger charge is -2.03. The van der Waals surface area contributed by atoms with Crippen molar-refractivity contribution in [1.29, 1.82) is 0 Å². The highest BCUT2D eigenvalue weighted by atomic mass is 16.4. The van der Waals surface area contributed by atoms with Gasteiger partial charge in [0.05, 0.1) is 5.56 Å². The van der Waals surface area contributed by atoms with E-state index in [2.05, 4.69) is 18.2 Å². The maximum atomic E-state index is 11.2. The van der Waals surface area contributed by atoms with Gasteiger partial charge in [-0.15, -0.1) is 0 Å². The maximum absolute atomic E-state index is 11.2. The summed E-state index contributed by atoms with van der Waals surface area (Å²) in [6.07, 6.45) is 3.81. The Morgan fingerprint density at radius 2 is 1.38 bits per heavy atom. The van der Waals surface area contributed by atoms with Crippen molar-refractivity contribution < 1.29 is 9.90 Å². The van der Waals surface area contributed by atoms with Crippen LogP contribution in [0, 0.1) is 0 Å². The van der Waals surface area contributed by atoms with Crippen LogP contribution in [0.15, 0.2) is 66.7 Å². The molecule has 2 nitrogen and oxygen atoms in total. The third-order valence-electron chi connectivity index (χ3n) is 3.46. The summed E-state index contributed by atoms with van der Waals surface area (Å²) in [5.41, 5.74) is 2.10. The van der Waals surface area contributed by atoms with E-state index in [1.165, 1.54) is 5.39 Å². The third kappa shape index (κ3) is 2.70. The molecule has 0 heterocycles. The fraction of sp³-hybridized carbons (Fsp3) is 0. The second-order valence-electron chi connectivity index (χ2n) is 4.79. The van der Waals surface area contributed by atoms with Crippen LogP contribution in [0.2, 0.25) is 0 Å². The molecule has 0 bridgehead atoms.